The van der Waals surface area contributed by atoms with Crippen LogP contribution in [0.1, 0.15) is 26.2 Å². The van der Waals surface area contributed by atoms with E-state index in [1.54, 1.807) is 0 Å². The highest BCUT2D eigenvalue weighted by Crippen LogP contribution is 2.21. The maximum Gasteiger partial charge on any atom is 0.225 e. The lowest BCUT2D eigenvalue weighted by Crippen LogP contribution is -2.67. The SMILES string of the molecule is CC1(N)CN(C(=O)CC2CCCO2)C1. The first-order chi connectivity index (χ1) is 6.57. The predicted molar refractivity (Wildman–Crippen MR) is 52.8 cm³/mol. The van der Waals surface area contributed by atoms with E-state index < -0.39 is 0 Å². The van der Waals surface area contributed by atoms with Crippen molar-refractivity contribution in [3.63, 3.8) is 0 Å². The van der Waals surface area contributed by atoms with Crippen LogP contribution in [0.5, 0.6) is 0 Å². The van der Waals surface area contributed by atoms with Crippen LogP contribution in [0, 0.1) is 0 Å². The minimum Gasteiger partial charge on any atom is -0.378 e. The van der Waals surface area contributed by atoms with Gasteiger partial charge in [0.25, 0.3) is 0 Å². The maximum atomic E-state index is 11.7. The Kier molecular flexibility index (Phi) is 2.49. The summed E-state index contributed by atoms with van der Waals surface area (Å²) in [6.07, 6.45) is 2.81. The van der Waals surface area contributed by atoms with Gasteiger partial charge in [0.05, 0.1) is 12.5 Å². The Morgan fingerprint density at radius 2 is 2.36 bits per heavy atom. The van der Waals surface area contributed by atoms with Gasteiger partial charge in [-0.2, -0.15) is 0 Å². The van der Waals surface area contributed by atoms with E-state index in [2.05, 4.69) is 0 Å². The first-order valence-corrected chi connectivity index (χ1v) is 5.25. The quantitative estimate of drug-likeness (QED) is 0.685. The van der Waals surface area contributed by atoms with Crippen molar-refractivity contribution in [3.8, 4) is 0 Å². The fraction of sp³-hybridized carbons (Fsp3) is 0.900. The highest BCUT2D eigenvalue weighted by molar-refractivity contribution is 5.78. The summed E-state index contributed by atoms with van der Waals surface area (Å²) < 4.78 is 5.42. The Hall–Kier alpha value is -0.610. The summed E-state index contributed by atoms with van der Waals surface area (Å²) >= 11 is 0. The number of hydrogen-bond acceptors (Lipinski definition) is 3. The number of amides is 1. The first-order valence-electron chi connectivity index (χ1n) is 5.25. The molecule has 2 rings (SSSR count). The van der Waals surface area contributed by atoms with Crippen LogP contribution in [0.2, 0.25) is 0 Å². The molecule has 2 N–H and O–H groups in total. The molecule has 0 saturated carbocycles. The van der Waals surface area contributed by atoms with Crippen molar-refractivity contribution in [2.75, 3.05) is 19.7 Å². The summed E-state index contributed by atoms with van der Waals surface area (Å²) in [6.45, 7) is 4.17. The van der Waals surface area contributed by atoms with Crippen LogP contribution >= 0.6 is 0 Å². The molecular formula is C10H18N2O2. The van der Waals surface area contributed by atoms with Crippen LogP contribution in [0.15, 0.2) is 0 Å². The second-order valence-corrected chi connectivity index (χ2v) is 4.74. The summed E-state index contributed by atoms with van der Waals surface area (Å²) in [4.78, 5) is 13.5. The molecule has 2 heterocycles. The zero-order valence-corrected chi connectivity index (χ0v) is 8.66. The molecule has 0 bridgehead atoms. The zero-order valence-electron chi connectivity index (χ0n) is 8.66. The summed E-state index contributed by atoms with van der Waals surface area (Å²) in [5.41, 5.74) is 5.67. The Balaban J connectivity index is 1.74. The summed E-state index contributed by atoms with van der Waals surface area (Å²) in [6, 6.07) is 0. The molecule has 0 radical (unpaired) electrons. The lowest BCUT2D eigenvalue weighted by molar-refractivity contribution is -0.140. The normalized spacial score (nSPS) is 30.1. The van der Waals surface area contributed by atoms with Crippen molar-refractivity contribution in [2.24, 2.45) is 5.73 Å². The molecule has 0 aliphatic carbocycles. The zero-order chi connectivity index (χ0) is 10.2. The molecule has 2 aliphatic rings. The van der Waals surface area contributed by atoms with E-state index in [1.807, 2.05) is 11.8 Å². The van der Waals surface area contributed by atoms with Crippen molar-refractivity contribution in [2.45, 2.75) is 37.8 Å². The van der Waals surface area contributed by atoms with Gasteiger partial charge in [0.1, 0.15) is 0 Å². The van der Waals surface area contributed by atoms with E-state index in [0.717, 1.165) is 19.4 Å². The highest BCUT2D eigenvalue weighted by Gasteiger charge is 2.38. The molecule has 2 saturated heterocycles. The fourth-order valence-corrected chi connectivity index (χ4v) is 2.13. The number of rotatable bonds is 2. The highest BCUT2D eigenvalue weighted by atomic mass is 16.5. The molecule has 0 spiro atoms. The van der Waals surface area contributed by atoms with Crippen LogP contribution in [0.25, 0.3) is 0 Å². The third-order valence-corrected chi connectivity index (χ3v) is 2.88. The summed E-state index contributed by atoms with van der Waals surface area (Å²) in [7, 11) is 0. The Morgan fingerprint density at radius 3 is 2.86 bits per heavy atom. The summed E-state index contributed by atoms with van der Waals surface area (Å²) in [5.74, 6) is 0.194. The molecule has 2 fully saturated rings. The van der Waals surface area contributed by atoms with Crippen LogP contribution in [-0.2, 0) is 9.53 Å². The number of hydrogen-bond donors (Lipinski definition) is 1. The van der Waals surface area contributed by atoms with Gasteiger partial charge in [-0.05, 0) is 19.8 Å². The molecule has 0 aromatic rings. The monoisotopic (exact) mass is 198 g/mol. The van der Waals surface area contributed by atoms with E-state index in [0.29, 0.717) is 19.5 Å². The topological polar surface area (TPSA) is 55.6 Å². The van der Waals surface area contributed by atoms with Crippen LogP contribution < -0.4 is 5.73 Å². The Labute approximate surface area is 84.4 Å². The van der Waals surface area contributed by atoms with Crippen molar-refractivity contribution >= 4 is 5.91 Å². The minimum atomic E-state index is -0.161. The van der Waals surface area contributed by atoms with E-state index >= 15 is 0 Å². The van der Waals surface area contributed by atoms with Gasteiger partial charge >= 0.3 is 0 Å². The van der Waals surface area contributed by atoms with Crippen molar-refractivity contribution in [1.82, 2.24) is 4.90 Å². The number of nitrogens with two attached hydrogens (primary N) is 1. The van der Waals surface area contributed by atoms with Gasteiger partial charge in [0.2, 0.25) is 5.91 Å². The Morgan fingerprint density at radius 1 is 1.64 bits per heavy atom. The molecular weight excluding hydrogens is 180 g/mol. The van der Waals surface area contributed by atoms with E-state index in [-0.39, 0.29) is 17.6 Å². The van der Waals surface area contributed by atoms with Crippen molar-refractivity contribution in [1.29, 1.82) is 0 Å². The molecule has 4 nitrogen and oxygen atoms in total. The minimum absolute atomic E-state index is 0.159. The molecule has 1 atom stereocenters. The molecule has 4 heteroatoms. The van der Waals surface area contributed by atoms with E-state index in [4.69, 9.17) is 10.5 Å². The van der Waals surface area contributed by atoms with Gasteiger partial charge in [0.15, 0.2) is 0 Å². The number of ether oxygens (including phenoxy) is 1. The van der Waals surface area contributed by atoms with Gasteiger partial charge in [-0.1, -0.05) is 0 Å². The second-order valence-electron chi connectivity index (χ2n) is 4.74. The number of nitrogens with zero attached hydrogens (tertiary/aromatic N) is 1. The molecule has 14 heavy (non-hydrogen) atoms. The molecule has 1 amide bonds. The van der Waals surface area contributed by atoms with Crippen LogP contribution in [0.4, 0.5) is 0 Å². The van der Waals surface area contributed by atoms with Gasteiger partial charge in [-0.3, -0.25) is 4.79 Å². The number of carbonyl (C=O) groups is 1. The number of likely N-dealkylation sites (tertiary alicyclic amines) is 1. The van der Waals surface area contributed by atoms with Gasteiger partial charge in [-0.15, -0.1) is 0 Å². The van der Waals surface area contributed by atoms with Crippen LogP contribution in [0.3, 0.4) is 0 Å². The predicted octanol–water partition coefficient (Wildman–Crippen LogP) is 0.115. The van der Waals surface area contributed by atoms with Crippen LogP contribution in [-0.4, -0.2) is 42.1 Å². The average molecular weight is 198 g/mol. The molecule has 0 aromatic heterocycles. The van der Waals surface area contributed by atoms with Crippen molar-refractivity contribution < 1.29 is 9.53 Å². The molecule has 2 aliphatic heterocycles. The fourth-order valence-electron chi connectivity index (χ4n) is 2.13. The van der Waals surface area contributed by atoms with Crippen molar-refractivity contribution in [3.05, 3.63) is 0 Å². The lowest BCUT2D eigenvalue weighted by Gasteiger charge is -2.45. The number of carbonyl (C=O) groups excluding carboxylic acids is 1. The van der Waals surface area contributed by atoms with E-state index in [1.165, 1.54) is 0 Å². The molecule has 1 unspecified atom stereocenters. The third-order valence-electron chi connectivity index (χ3n) is 2.88. The first kappa shape index (κ1) is 9.93. The van der Waals surface area contributed by atoms with Gasteiger partial charge in [0, 0.05) is 25.2 Å². The largest absolute Gasteiger partial charge is 0.378 e. The average Bonchev–Trinajstić information content (AvgIpc) is 2.52. The summed E-state index contributed by atoms with van der Waals surface area (Å²) in [5, 5.41) is 0. The van der Waals surface area contributed by atoms with Gasteiger partial charge in [-0.25, -0.2) is 0 Å². The molecule has 0 aromatic carbocycles. The maximum absolute atomic E-state index is 11.7. The smallest absolute Gasteiger partial charge is 0.225 e. The molecule has 80 valence electrons. The third kappa shape index (κ3) is 2.07. The van der Waals surface area contributed by atoms with E-state index in [9.17, 15) is 4.79 Å². The Bertz CT molecular complexity index is 226. The standard InChI is InChI=1S/C10H18N2O2/c1-10(11)6-12(7-10)9(13)5-8-3-2-4-14-8/h8H,2-7,11H2,1H3. The second kappa shape index (κ2) is 3.51. The lowest BCUT2D eigenvalue weighted by atomic mass is 9.93. The van der Waals surface area contributed by atoms with Gasteiger partial charge < -0.3 is 15.4 Å².